The van der Waals surface area contributed by atoms with Crippen LogP contribution in [-0.4, -0.2) is 36.6 Å². The molecule has 1 spiro atoms. The van der Waals surface area contributed by atoms with Crippen LogP contribution in [0.25, 0.3) is 0 Å². The Labute approximate surface area is 124 Å². The van der Waals surface area contributed by atoms with Crippen molar-refractivity contribution in [1.29, 1.82) is 0 Å². The summed E-state index contributed by atoms with van der Waals surface area (Å²) >= 11 is 0. The first-order valence-electron chi connectivity index (χ1n) is 9.35. The molecule has 2 saturated heterocycles. The van der Waals surface area contributed by atoms with Crippen LogP contribution in [-0.2, 0) is 0 Å². The summed E-state index contributed by atoms with van der Waals surface area (Å²) in [7, 11) is 0. The summed E-state index contributed by atoms with van der Waals surface area (Å²) in [6.07, 6.45) is 16.4. The number of piperidine rings is 1. The molecule has 3 atom stereocenters. The van der Waals surface area contributed by atoms with E-state index in [1.807, 2.05) is 0 Å². The van der Waals surface area contributed by atoms with Gasteiger partial charge in [-0.3, -0.25) is 4.90 Å². The maximum Gasteiger partial charge on any atom is 0.0152 e. The number of nitrogens with one attached hydrogen (secondary N) is 1. The van der Waals surface area contributed by atoms with Crippen LogP contribution in [0.4, 0.5) is 0 Å². The van der Waals surface area contributed by atoms with E-state index in [4.69, 9.17) is 0 Å². The van der Waals surface area contributed by atoms with Gasteiger partial charge in [0.25, 0.3) is 0 Å². The molecular formula is C18H32N2. The maximum absolute atomic E-state index is 3.77. The van der Waals surface area contributed by atoms with Crippen molar-refractivity contribution < 1.29 is 0 Å². The third-order valence-corrected chi connectivity index (χ3v) is 7.07. The predicted octanol–water partition coefficient (Wildman–Crippen LogP) is 3.56. The monoisotopic (exact) mass is 276 g/mol. The topological polar surface area (TPSA) is 15.3 Å². The van der Waals surface area contributed by atoms with Gasteiger partial charge in [-0.2, -0.15) is 0 Å². The van der Waals surface area contributed by atoms with Crippen LogP contribution < -0.4 is 5.32 Å². The lowest BCUT2D eigenvalue weighted by Gasteiger charge is -2.58. The first kappa shape index (κ1) is 13.6. The molecule has 20 heavy (non-hydrogen) atoms. The minimum absolute atomic E-state index is 0.767. The second kappa shape index (κ2) is 5.61. The van der Waals surface area contributed by atoms with E-state index in [0.717, 1.165) is 23.4 Å². The van der Waals surface area contributed by atoms with E-state index in [1.54, 1.807) is 19.3 Å². The average Bonchev–Trinajstić information content (AvgIpc) is 3.02. The van der Waals surface area contributed by atoms with Crippen molar-refractivity contribution in [3.63, 3.8) is 0 Å². The van der Waals surface area contributed by atoms with E-state index in [9.17, 15) is 0 Å². The second-order valence-electron chi connectivity index (χ2n) is 8.08. The molecule has 0 radical (unpaired) electrons. The highest BCUT2D eigenvalue weighted by atomic mass is 15.2. The van der Waals surface area contributed by atoms with Crippen LogP contribution in [0, 0.1) is 11.3 Å². The molecule has 3 unspecified atom stereocenters. The molecule has 0 amide bonds. The Morgan fingerprint density at radius 2 is 1.75 bits per heavy atom. The van der Waals surface area contributed by atoms with Gasteiger partial charge in [0.05, 0.1) is 0 Å². The summed E-state index contributed by atoms with van der Waals surface area (Å²) < 4.78 is 0. The summed E-state index contributed by atoms with van der Waals surface area (Å²) in [6.45, 7) is 4.08. The lowest BCUT2D eigenvalue weighted by molar-refractivity contribution is -0.0693. The largest absolute Gasteiger partial charge is 0.314 e. The summed E-state index contributed by atoms with van der Waals surface area (Å²) in [5.41, 5.74) is 0.767. The molecule has 0 aromatic rings. The van der Waals surface area contributed by atoms with Gasteiger partial charge >= 0.3 is 0 Å². The van der Waals surface area contributed by atoms with Crippen molar-refractivity contribution in [2.24, 2.45) is 11.3 Å². The number of hydrogen-bond donors (Lipinski definition) is 1. The van der Waals surface area contributed by atoms with Gasteiger partial charge in [0.1, 0.15) is 0 Å². The molecule has 2 aliphatic carbocycles. The molecule has 0 aromatic carbocycles. The second-order valence-corrected chi connectivity index (χ2v) is 8.08. The number of nitrogens with zero attached hydrogens (tertiary/aromatic N) is 1. The molecule has 0 bridgehead atoms. The molecular weight excluding hydrogens is 244 g/mol. The molecule has 0 aromatic heterocycles. The Kier molecular flexibility index (Phi) is 3.80. The van der Waals surface area contributed by atoms with Crippen molar-refractivity contribution in [2.45, 2.75) is 82.7 Å². The molecule has 4 aliphatic rings. The molecule has 2 aliphatic heterocycles. The third-order valence-electron chi connectivity index (χ3n) is 7.07. The van der Waals surface area contributed by atoms with Gasteiger partial charge in [-0.1, -0.05) is 19.3 Å². The Hall–Kier alpha value is -0.0800. The van der Waals surface area contributed by atoms with Crippen molar-refractivity contribution in [1.82, 2.24) is 10.2 Å². The zero-order valence-corrected chi connectivity index (χ0v) is 13.1. The number of rotatable bonds is 2. The van der Waals surface area contributed by atoms with Gasteiger partial charge in [-0.25, -0.2) is 0 Å². The fourth-order valence-corrected chi connectivity index (χ4v) is 5.86. The fourth-order valence-electron chi connectivity index (χ4n) is 5.86. The highest BCUT2D eigenvalue weighted by Gasteiger charge is 2.50. The Morgan fingerprint density at radius 3 is 2.45 bits per heavy atom. The normalized spacial score (nSPS) is 41.7. The lowest BCUT2D eigenvalue weighted by atomic mass is 9.56. The van der Waals surface area contributed by atoms with Crippen LogP contribution in [0.2, 0.25) is 0 Å². The molecule has 4 rings (SSSR count). The van der Waals surface area contributed by atoms with Gasteiger partial charge in [-0.15, -0.1) is 0 Å². The first-order valence-corrected chi connectivity index (χ1v) is 9.35. The Morgan fingerprint density at radius 1 is 0.850 bits per heavy atom. The van der Waals surface area contributed by atoms with Gasteiger partial charge in [0, 0.05) is 18.6 Å². The van der Waals surface area contributed by atoms with Gasteiger partial charge in [0.15, 0.2) is 0 Å². The minimum atomic E-state index is 0.767. The van der Waals surface area contributed by atoms with Gasteiger partial charge < -0.3 is 5.32 Å². The van der Waals surface area contributed by atoms with E-state index >= 15 is 0 Å². The summed E-state index contributed by atoms with van der Waals surface area (Å²) in [4.78, 5) is 2.93. The molecule has 2 nitrogen and oxygen atoms in total. The number of likely N-dealkylation sites (tertiary alicyclic amines) is 1. The molecule has 2 heteroatoms. The molecule has 2 saturated carbocycles. The van der Waals surface area contributed by atoms with E-state index in [-0.39, 0.29) is 0 Å². The van der Waals surface area contributed by atoms with Crippen LogP contribution in [0.1, 0.15) is 70.6 Å². The van der Waals surface area contributed by atoms with E-state index < -0.39 is 0 Å². The SMILES string of the molecule is C1CCC2(CC1)CCC2N1CCCC(C2CCCN2)C1. The highest BCUT2D eigenvalue weighted by Crippen LogP contribution is 2.54. The maximum atomic E-state index is 3.77. The van der Waals surface area contributed by atoms with Crippen molar-refractivity contribution in [3.05, 3.63) is 0 Å². The Balaban J connectivity index is 1.40. The lowest BCUT2D eigenvalue weighted by Crippen LogP contribution is -2.59. The third kappa shape index (κ3) is 2.33. The van der Waals surface area contributed by atoms with Crippen LogP contribution in [0.15, 0.2) is 0 Å². The minimum Gasteiger partial charge on any atom is -0.314 e. The predicted molar refractivity (Wildman–Crippen MR) is 83.9 cm³/mol. The van der Waals surface area contributed by atoms with Crippen molar-refractivity contribution >= 4 is 0 Å². The molecule has 1 N–H and O–H groups in total. The zero-order valence-electron chi connectivity index (χ0n) is 13.1. The van der Waals surface area contributed by atoms with Crippen molar-refractivity contribution in [3.8, 4) is 0 Å². The van der Waals surface area contributed by atoms with E-state index in [1.165, 1.54) is 71.0 Å². The summed E-state index contributed by atoms with van der Waals surface area (Å²) in [5, 5.41) is 3.77. The molecule has 114 valence electrons. The van der Waals surface area contributed by atoms with Gasteiger partial charge in [0.2, 0.25) is 0 Å². The highest BCUT2D eigenvalue weighted by molar-refractivity contribution is 5.04. The van der Waals surface area contributed by atoms with Crippen LogP contribution >= 0.6 is 0 Å². The smallest absolute Gasteiger partial charge is 0.0152 e. The van der Waals surface area contributed by atoms with E-state index in [0.29, 0.717) is 0 Å². The van der Waals surface area contributed by atoms with Crippen LogP contribution in [0.3, 0.4) is 0 Å². The van der Waals surface area contributed by atoms with Crippen LogP contribution in [0.5, 0.6) is 0 Å². The zero-order chi connectivity index (χ0) is 13.4. The molecule has 4 fully saturated rings. The summed E-state index contributed by atoms with van der Waals surface area (Å²) in [5.74, 6) is 0.951. The van der Waals surface area contributed by atoms with Crippen molar-refractivity contribution in [2.75, 3.05) is 19.6 Å². The standard InChI is InChI=1S/C18H32N2/c1-2-9-18(10-3-1)11-8-17(18)20-13-5-6-15(14-20)16-7-4-12-19-16/h15-17,19H,1-14H2. The molecule has 2 heterocycles. The quantitative estimate of drug-likeness (QED) is 0.829. The van der Waals surface area contributed by atoms with E-state index in [2.05, 4.69) is 10.2 Å². The summed E-state index contributed by atoms with van der Waals surface area (Å²) in [6, 6.07) is 1.81. The Bertz CT molecular complexity index is 328. The number of hydrogen-bond acceptors (Lipinski definition) is 2. The fraction of sp³-hybridized carbons (Fsp3) is 1.00. The first-order chi connectivity index (χ1) is 9.87. The average molecular weight is 276 g/mol. The van der Waals surface area contributed by atoms with Gasteiger partial charge in [-0.05, 0) is 75.8 Å².